The SMILES string of the molecule is O=C(Nc1ccc(-c2ccccc2)cc1)Nc1cccc(Cn2nc(Cl)c(N3CCNCC3)cc2=O)c1.O=C(O)C(F)(F)F. The predicted molar refractivity (Wildman–Crippen MR) is 162 cm³/mol. The number of nitrogens with zero attached hydrogens (tertiary/aromatic N) is 3. The van der Waals surface area contributed by atoms with Crippen molar-refractivity contribution < 1.29 is 27.9 Å². The van der Waals surface area contributed by atoms with Crippen LogP contribution >= 0.6 is 11.6 Å². The highest BCUT2D eigenvalue weighted by atomic mass is 35.5. The fraction of sp³-hybridized carbons (Fsp3) is 0.200. The van der Waals surface area contributed by atoms with E-state index >= 15 is 0 Å². The maximum atomic E-state index is 12.7. The average molecular weight is 629 g/mol. The zero-order valence-electron chi connectivity index (χ0n) is 23.1. The number of urea groups is 1. The molecule has 1 fully saturated rings. The molecule has 4 N–H and O–H groups in total. The zero-order valence-corrected chi connectivity index (χ0v) is 23.9. The van der Waals surface area contributed by atoms with E-state index in [0.29, 0.717) is 22.2 Å². The van der Waals surface area contributed by atoms with Gasteiger partial charge in [0.2, 0.25) is 0 Å². The Labute approximate surface area is 255 Å². The van der Waals surface area contributed by atoms with Crippen LogP contribution in [0, 0.1) is 0 Å². The van der Waals surface area contributed by atoms with Gasteiger partial charge < -0.3 is 26.0 Å². The Morgan fingerprint density at radius 2 is 1.50 bits per heavy atom. The van der Waals surface area contributed by atoms with Crippen LogP contribution in [0.25, 0.3) is 11.1 Å². The Kier molecular flexibility index (Phi) is 10.6. The van der Waals surface area contributed by atoms with Gasteiger partial charge in [0.25, 0.3) is 5.56 Å². The van der Waals surface area contributed by atoms with Crippen LogP contribution in [0.3, 0.4) is 0 Å². The van der Waals surface area contributed by atoms with Gasteiger partial charge in [-0.3, -0.25) is 4.79 Å². The third kappa shape index (κ3) is 9.06. The van der Waals surface area contributed by atoms with Crippen molar-refractivity contribution in [3.05, 3.63) is 106 Å². The summed E-state index contributed by atoms with van der Waals surface area (Å²) in [6, 6.07) is 26.2. The van der Waals surface area contributed by atoms with Crippen molar-refractivity contribution in [2.24, 2.45) is 0 Å². The van der Waals surface area contributed by atoms with E-state index in [-0.39, 0.29) is 18.1 Å². The van der Waals surface area contributed by atoms with Gasteiger partial charge in [0.1, 0.15) is 0 Å². The first kappa shape index (κ1) is 32.0. The number of piperazine rings is 1. The Morgan fingerprint density at radius 1 is 0.886 bits per heavy atom. The van der Waals surface area contributed by atoms with Gasteiger partial charge >= 0.3 is 18.2 Å². The summed E-state index contributed by atoms with van der Waals surface area (Å²) >= 11 is 6.42. The van der Waals surface area contributed by atoms with E-state index in [2.05, 4.69) is 25.9 Å². The van der Waals surface area contributed by atoms with Crippen LogP contribution in [0.1, 0.15) is 5.56 Å². The summed E-state index contributed by atoms with van der Waals surface area (Å²) in [6.45, 7) is 3.46. The quantitative estimate of drug-likeness (QED) is 0.228. The zero-order chi connectivity index (χ0) is 31.7. The number of aromatic nitrogens is 2. The molecular formula is C30H28ClF3N6O4. The van der Waals surface area contributed by atoms with E-state index in [9.17, 15) is 22.8 Å². The van der Waals surface area contributed by atoms with Gasteiger partial charge in [0, 0.05) is 43.6 Å². The average Bonchev–Trinajstić information content (AvgIpc) is 3.00. The second-order valence-electron chi connectivity index (χ2n) is 9.58. The number of aliphatic carboxylic acids is 1. The number of nitrogens with one attached hydrogen (secondary N) is 3. The summed E-state index contributed by atoms with van der Waals surface area (Å²) in [5, 5.41) is 20.7. The molecule has 0 saturated carbocycles. The minimum absolute atomic E-state index is 0.229. The number of carboxylic acids is 1. The highest BCUT2D eigenvalue weighted by molar-refractivity contribution is 6.31. The number of amides is 2. The van der Waals surface area contributed by atoms with Gasteiger partial charge in [-0.05, 0) is 41.0 Å². The van der Waals surface area contributed by atoms with Gasteiger partial charge in [0.15, 0.2) is 5.15 Å². The summed E-state index contributed by atoms with van der Waals surface area (Å²) in [7, 11) is 0. The van der Waals surface area contributed by atoms with Crippen molar-refractivity contribution in [3.63, 3.8) is 0 Å². The fourth-order valence-corrected chi connectivity index (χ4v) is 4.55. The molecular weight excluding hydrogens is 601 g/mol. The molecule has 2 heterocycles. The third-order valence-electron chi connectivity index (χ3n) is 6.40. The Bertz CT molecular complexity index is 1640. The number of benzene rings is 3. The van der Waals surface area contributed by atoms with E-state index in [1.165, 1.54) is 4.68 Å². The van der Waals surface area contributed by atoms with Crippen LogP contribution in [0.2, 0.25) is 5.15 Å². The number of hydrogen-bond acceptors (Lipinski definition) is 6. The summed E-state index contributed by atoms with van der Waals surface area (Å²) in [6.07, 6.45) is -5.08. The second-order valence-corrected chi connectivity index (χ2v) is 9.94. The van der Waals surface area contributed by atoms with Gasteiger partial charge in [-0.2, -0.15) is 18.3 Å². The predicted octanol–water partition coefficient (Wildman–Crippen LogP) is 5.30. The highest BCUT2D eigenvalue weighted by Gasteiger charge is 2.38. The van der Waals surface area contributed by atoms with Crippen LogP contribution in [0.4, 0.5) is 35.0 Å². The standard InChI is InChI=1S/C28H27ClN6O2.C2HF3O2/c29-27-25(34-15-13-30-14-16-34)18-26(36)35(33-27)19-20-5-4-8-24(17-20)32-28(37)31-23-11-9-22(10-12-23)21-6-2-1-3-7-21;3-2(4,5)1(6)7/h1-12,17-18,30H,13-16,19H2,(H2,31,32,37);(H,6,7). The first-order chi connectivity index (χ1) is 21.0. The van der Waals surface area contributed by atoms with E-state index in [1.54, 1.807) is 12.1 Å². The van der Waals surface area contributed by atoms with Crippen molar-refractivity contribution in [2.45, 2.75) is 12.7 Å². The van der Waals surface area contributed by atoms with Crippen LogP contribution in [0.15, 0.2) is 89.7 Å². The lowest BCUT2D eigenvalue weighted by Crippen LogP contribution is -2.44. The molecule has 230 valence electrons. The highest BCUT2D eigenvalue weighted by Crippen LogP contribution is 2.23. The van der Waals surface area contributed by atoms with Crippen molar-refractivity contribution >= 4 is 40.7 Å². The molecule has 2 amide bonds. The Hall–Kier alpha value is -4.88. The first-order valence-electron chi connectivity index (χ1n) is 13.4. The molecule has 0 unspecified atom stereocenters. The molecule has 1 aromatic heterocycles. The van der Waals surface area contributed by atoms with Crippen LogP contribution < -0.4 is 26.4 Å². The monoisotopic (exact) mass is 628 g/mol. The molecule has 1 aliphatic rings. The molecule has 0 bridgehead atoms. The molecule has 1 saturated heterocycles. The number of rotatable bonds is 6. The largest absolute Gasteiger partial charge is 0.490 e. The normalized spacial score (nSPS) is 13.0. The van der Waals surface area contributed by atoms with E-state index in [0.717, 1.165) is 42.9 Å². The molecule has 44 heavy (non-hydrogen) atoms. The van der Waals surface area contributed by atoms with Gasteiger partial charge in [-0.25, -0.2) is 14.3 Å². The van der Waals surface area contributed by atoms with Crippen LogP contribution in [-0.2, 0) is 11.3 Å². The number of alkyl halides is 3. The first-order valence-corrected chi connectivity index (χ1v) is 13.7. The van der Waals surface area contributed by atoms with Crippen LogP contribution in [0.5, 0.6) is 0 Å². The van der Waals surface area contributed by atoms with E-state index in [4.69, 9.17) is 21.5 Å². The van der Waals surface area contributed by atoms with Gasteiger partial charge in [-0.1, -0.05) is 66.2 Å². The Balaban J connectivity index is 0.000000566. The number of anilines is 3. The maximum Gasteiger partial charge on any atom is 0.490 e. The lowest BCUT2D eigenvalue weighted by Gasteiger charge is -2.29. The van der Waals surface area contributed by atoms with E-state index < -0.39 is 12.1 Å². The van der Waals surface area contributed by atoms with Crippen molar-refractivity contribution in [2.75, 3.05) is 41.7 Å². The van der Waals surface area contributed by atoms with E-state index in [1.807, 2.05) is 72.8 Å². The summed E-state index contributed by atoms with van der Waals surface area (Å²) in [5.41, 5.74) is 4.72. The summed E-state index contributed by atoms with van der Waals surface area (Å²) < 4.78 is 33.1. The van der Waals surface area contributed by atoms with Gasteiger partial charge in [0.05, 0.1) is 12.2 Å². The minimum Gasteiger partial charge on any atom is -0.475 e. The Morgan fingerprint density at radius 3 is 2.14 bits per heavy atom. The van der Waals surface area contributed by atoms with Crippen molar-refractivity contribution in [3.8, 4) is 11.1 Å². The molecule has 4 aromatic rings. The molecule has 0 radical (unpaired) electrons. The van der Waals surface area contributed by atoms with Crippen molar-refractivity contribution in [1.29, 1.82) is 0 Å². The number of halogens is 4. The van der Waals surface area contributed by atoms with Crippen LogP contribution in [-0.4, -0.2) is 59.2 Å². The number of carboxylic acid groups (broad SMARTS) is 1. The summed E-state index contributed by atoms with van der Waals surface area (Å²) in [4.78, 5) is 36.3. The smallest absolute Gasteiger partial charge is 0.475 e. The van der Waals surface area contributed by atoms with Gasteiger partial charge in [-0.15, -0.1) is 0 Å². The molecule has 3 aromatic carbocycles. The second kappa shape index (κ2) is 14.5. The summed E-state index contributed by atoms with van der Waals surface area (Å²) in [5.74, 6) is -2.76. The molecule has 5 rings (SSSR count). The molecule has 0 atom stereocenters. The number of hydrogen-bond donors (Lipinski definition) is 4. The lowest BCUT2D eigenvalue weighted by atomic mass is 10.1. The topological polar surface area (TPSA) is 129 Å². The molecule has 10 nitrogen and oxygen atoms in total. The minimum atomic E-state index is -5.08. The molecule has 14 heteroatoms. The number of carbonyl (C=O) groups is 2. The molecule has 1 aliphatic heterocycles. The lowest BCUT2D eigenvalue weighted by molar-refractivity contribution is -0.192. The maximum absolute atomic E-state index is 12.7. The number of carbonyl (C=O) groups excluding carboxylic acids is 1. The third-order valence-corrected chi connectivity index (χ3v) is 6.67. The molecule has 0 spiro atoms. The fourth-order valence-electron chi connectivity index (χ4n) is 4.29. The van der Waals surface area contributed by atoms with Crippen molar-refractivity contribution in [1.82, 2.24) is 15.1 Å². The molecule has 0 aliphatic carbocycles.